The lowest BCUT2D eigenvalue weighted by atomic mass is 10.1. The van der Waals surface area contributed by atoms with E-state index in [0.29, 0.717) is 24.3 Å². The summed E-state index contributed by atoms with van der Waals surface area (Å²) in [5.41, 5.74) is 0.746. The summed E-state index contributed by atoms with van der Waals surface area (Å²) >= 11 is 0. The van der Waals surface area contributed by atoms with Crippen molar-refractivity contribution in [1.29, 1.82) is 0 Å². The van der Waals surface area contributed by atoms with Crippen LogP contribution in [0.2, 0.25) is 0 Å². The fourth-order valence-electron chi connectivity index (χ4n) is 1.94. The van der Waals surface area contributed by atoms with Crippen molar-refractivity contribution in [2.24, 2.45) is 0 Å². The van der Waals surface area contributed by atoms with Crippen molar-refractivity contribution in [3.63, 3.8) is 0 Å². The Morgan fingerprint density at radius 3 is 2.62 bits per heavy atom. The molecule has 1 amide bonds. The lowest BCUT2D eigenvalue weighted by Crippen LogP contribution is -2.27. The van der Waals surface area contributed by atoms with Crippen molar-refractivity contribution in [2.45, 2.75) is 33.1 Å². The van der Waals surface area contributed by atoms with Crippen molar-refractivity contribution in [1.82, 2.24) is 4.90 Å². The van der Waals surface area contributed by atoms with Crippen molar-refractivity contribution < 1.29 is 9.72 Å². The molecule has 0 spiro atoms. The van der Waals surface area contributed by atoms with Crippen LogP contribution in [0.15, 0.2) is 18.2 Å². The van der Waals surface area contributed by atoms with E-state index in [-0.39, 0.29) is 11.6 Å². The zero-order chi connectivity index (χ0) is 15.8. The molecule has 0 heterocycles. The summed E-state index contributed by atoms with van der Waals surface area (Å²) in [6, 6.07) is 4.59. The van der Waals surface area contributed by atoms with Crippen LogP contribution < -0.4 is 5.32 Å². The van der Waals surface area contributed by atoms with Crippen LogP contribution in [0.3, 0.4) is 0 Å². The zero-order valence-corrected chi connectivity index (χ0v) is 12.9. The Kier molecular flexibility index (Phi) is 6.65. The van der Waals surface area contributed by atoms with Gasteiger partial charge in [-0.15, -0.1) is 0 Å². The van der Waals surface area contributed by atoms with Gasteiger partial charge in [-0.1, -0.05) is 20.3 Å². The molecule has 1 aromatic carbocycles. The number of benzene rings is 1. The molecule has 116 valence electrons. The highest BCUT2D eigenvalue weighted by atomic mass is 16.6. The molecule has 1 N–H and O–H groups in total. The van der Waals surface area contributed by atoms with Gasteiger partial charge in [-0.05, 0) is 25.0 Å². The average molecular weight is 293 g/mol. The molecule has 0 saturated carbocycles. The Labute approximate surface area is 125 Å². The molecule has 6 nitrogen and oxygen atoms in total. The highest BCUT2D eigenvalue weighted by Crippen LogP contribution is 2.26. The van der Waals surface area contributed by atoms with Gasteiger partial charge < -0.3 is 10.2 Å². The van der Waals surface area contributed by atoms with Gasteiger partial charge >= 0.3 is 0 Å². The minimum atomic E-state index is -0.458. The number of nitro benzene ring substituents is 1. The van der Waals surface area contributed by atoms with Gasteiger partial charge in [0.05, 0.1) is 4.92 Å². The number of hydrogen-bond acceptors (Lipinski definition) is 4. The van der Waals surface area contributed by atoms with Gasteiger partial charge in [0.1, 0.15) is 5.69 Å². The molecule has 1 aromatic rings. The summed E-state index contributed by atoms with van der Waals surface area (Å²) in [5.74, 6) is -0.186. The van der Waals surface area contributed by atoms with Gasteiger partial charge in [-0.3, -0.25) is 14.9 Å². The van der Waals surface area contributed by atoms with E-state index < -0.39 is 4.92 Å². The minimum Gasteiger partial charge on any atom is -0.380 e. The standard InChI is InChI=1S/C15H23N3O3/c1-4-6-10-17(3)15(19)12-7-8-13(16-9-5-2)14(11-12)18(20)21/h7-8,11,16H,4-6,9-10H2,1-3H3. The summed E-state index contributed by atoms with van der Waals surface area (Å²) < 4.78 is 0. The van der Waals surface area contributed by atoms with Crippen LogP contribution in [0.4, 0.5) is 11.4 Å². The molecule has 0 aliphatic rings. The predicted octanol–water partition coefficient (Wildman–Crippen LogP) is 3.29. The van der Waals surface area contributed by atoms with Gasteiger partial charge in [0.2, 0.25) is 0 Å². The molecule has 0 bridgehead atoms. The van der Waals surface area contributed by atoms with Crippen LogP contribution in [-0.4, -0.2) is 35.9 Å². The van der Waals surface area contributed by atoms with Crippen LogP contribution in [0.5, 0.6) is 0 Å². The highest BCUT2D eigenvalue weighted by Gasteiger charge is 2.19. The molecule has 0 radical (unpaired) electrons. The Morgan fingerprint density at radius 2 is 2.05 bits per heavy atom. The minimum absolute atomic E-state index is 0.0572. The summed E-state index contributed by atoms with van der Waals surface area (Å²) in [6.07, 6.45) is 2.79. The fraction of sp³-hybridized carbons (Fsp3) is 0.533. The van der Waals surface area contributed by atoms with Crippen LogP contribution in [0, 0.1) is 10.1 Å². The Hall–Kier alpha value is -2.11. The van der Waals surface area contributed by atoms with Crippen LogP contribution in [0.1, 0.15) is 43.5 Å². The molecule has 0 aliphatic carbocycles. The quantitative estimate of drug-likeness (QED) is 0.589. The Balaban J connectivity index is 2.96. The second-order valence-corrected chi connectivity index (χ2v) is 5.00. The van der Waals surface area contributed by atoms with Crippen molar-refractivity contribution in [3.8, 4) is 0 Å². The Bertz CT molecular complexity index is 503. The molecule has 21 heavy (non-hydrogen) atoms. The maximum atomic E-state index is 12.2. The molecular formula is C15H23N3O3. The molecule has 1 rings (SSSR count). The third kappa shape index (κ3) is 4.73. The molecule has 6 heteroatoms. The number of hydrogen-bond donors (Lipinski definition) is 1. The molecular weight excluding hydrogens is 270 g/mol. The van der Waals surface area contributed by atoms with Gasteiger partial charge in [-0.25, -0.2) is 0 Å². The van der Waals surface area contributed by atoms with Crippen LogP contribution in [0.25, 0.3) is 0 Å². The summed E-state index contributed by atoms with van der Waals surface area (Å²) in [4.78, 5) is 24.5. The van der Waals surface area contributed by atoms with Crippen LogP contribution in [-0.2, 0) is 0 Å². The van der Waals surface area contributed by atoms with E-state index in [4.69, 9.17) is 0 Å². The summed E-state index contributed by atoms with van der Waals surface area (Å²) in [6.45, 7) is 5.35. The second kappa shape index (κ2) is 8.24. The van der Waals surface area contributed by atoms with Gasteiger partial charge in [0.25, 0.3) is 11.6 Å². The number of carbonyl (C=O) groups is 1. The lowest BCUT2D eigenvalue weighted by molar-refractivity contribution is -0.384. The van der Waals surface area contributed by atoms with Gasteiger partial charge in [-0.2, -0.15) is 0 Å². The van der Waals surface area contributed by atoms with E-state index >= 15 is 0 Å². The third-order valence-electron chi connectivity index (χ3n) is 3.20. The average Bonchev–Trinajstić information content (AvgIpc) is 2.49. The van der Waals surface area contributed by atoms with Crippen molar-refractivity contribution >= 4 is 17.3 Å². The number of rotatable bonds is 8. The fourth-order valence-corrected chi connectivity index (χ4v) is 1.94. The number of nitrogens with one attached hydrogen (secondary N) is 1. The SMILES string of the molecule is CCCCN(C)C(=O)c1ccc(NCCC)c([N+](=O)[O-])c1. The first-order valence-electron chi connectivity index (χ1n) is 7.29. The molecule has 0 saturated heterocycles. The number of carbonyl (C=O) groups excluding carboxylic acids is 1. The normalized spacial score (nSPS) is 10.2. The number of nitro groups is 1. The first-order valence-corrected chi connectivity index (χ1v) is 7.29. The van der Waals surface area contributed by atoms with Crippen LogP contribution >= 0.6 is 0 Å². The van der Waals surface area contributed by atoms with E-state index in [1.54, 1.807) is 24.1 Å². The van der Waals surface area contributed by atoms with E-state index in [1.807, 2.05) is 6.92 Å². The molecule has 0 unspecified atom stereocenters. The van der Waals surface area contributed by atoms with E-state index in [0.717, 1.165) is 19.3 Å². The number of anilines is 1. The van der Waals surface area contributed by atoms with E-state index in [9.17, 15) is 14.9 Å². The lowest BCUT2D eigenvalue weighted by Gasteiger charge is -2.17. The van der Waals surface area contributed by atoms with E-state index in [2.05, 4.69) is 12.2 Å². The Morgan fingerprint density at radius 1 is 1.33 bits per heavy atom. The van der Waals surface area contributed by atoms with Gasteiger partial charge in [0.15, 0.2) is 0 Å². The monoisotopic (exact) mass is 293 g/mol. The largest absolute Gasteiger partial charge is 0.380 e. The first-order chi connectivity index (χ1) is 10.0. The smallest absolute Gasteiger partial charge is 0.293 e. The van der Waals surface area contributed by atoms with E-state index in [1.165, 1.54) is 6.07 Å². The molecule has 0 aromatic heterocycles. The predicted molar refractivity (Wildman–Crippen MR) is 83.7 cm³/mol. The summed E-state index contributed by atoms with van der Waals surface area (Å²) in [5, 5.41) is 14.1. The molecule has 0 fully saturated rings. The van der Waals surface area contributed by atoms with Gasteiger partial charge in [0, 0.05) is 31.8 Å². The van der Waals surface area contributed by atoms with Crippen molar-refractivity contribution in [2.75, 3.05) is 25.5 Å². The third-order valence-corrected chi connectivity index (χ3v) is 3.20. The summed E-state index contributed by atoms with van der Waals surface area (Å²) in [7, 11) is 1.72. The molecule has 0 aliphatic heterocycles. The topological polar surface area (TPSA) is 75.5 Å². The van der Waals surface area contributed by atoms with Crippen molar-refractivity contribution in [3.05, 3.63) is 33.9 Å². The maximum Gasteiger partial charge on any atom is 0.293 e. The highest BCUT2D eigenvalue weighted by molar-refractivity contribution is 5.95. The second-order valence-electron chi connectivity index (χ2n) is 5.00. The first kappa shape index (κ1) is 16.9. The zero-order valence-electron chi connectivity index (χ0n) is 12.9. The number of nitrogens with zero attached hydrogens (tertiary/aromatic N) is 2. The maximum absolute atomic E-state index is 12.2. The number of amides is 1. The molecule has 0 atom stereocenters. The number of unbranched alkanes of at least 4 members (excludes halogenated alkanes) is 1.